The Morgan fingerprint density at radius 2 is 2.00 bits per heavy atom. The smallest absolute Gasteiger partial charge is 0.308 e. The third-order valence-electron chi connectivity index (χ3n) is 2.48. The molecule has 1 aromatic carbocycles. The van der Waals surface area contributed by atoms with Crippen LogP contribution in [0.3, 0.4) is 0 Å². The lowest BCUT2D eigenvalue weighted by Crippen LogP contribution is -2.31. The molecule has 1 rings (SSSR count). The standard InChI is InChI=1S/C12H13Cl2NO3S/c1-6(12(17)18)5-15-11(16)7-3-10(19-2)9(14)4-8(7)13/h3-4,6H,5H2,1-2H3,(H,15,16)(H,17,18). The molecular formula is C12H13Cl2NO3S. The summed E-state index contributed by atoms with van der Waals surface area (Å²) >= 11 is 13.3. The van der Waals surface area contributed by atoms with E-state index in [0.29, 0.717) is 5.02 Å². The van der Waals surface area contributed by atoms with E-state index in [2.05, 4.69) is 5.32 Å². The number of hydrogen-bond donors (Lipinski definition) is 2. The molecule has 0 heterocycles. The second kappa shape index (κ2) is 7.03. The fourth-order valence-electron chi connectivity index (χ4n) is 1.29. The van der Waals surface area contributed by atoms with Crippen LogP contribution in [-0.4, -0.2) is 29.8 Å². The first-order chi connectivity index (χ1) is 8.86. The Morgan fingerprint density at radius 1 is 1.37 bits per heavy atom. The molecule has 0 saturated carbocycles. The minimum Gasteiger partial charge on any atom is -0.481 e. The highest BCUT2D eigenvalue weighted by atomic mass is 35.5. The highest BCUT2D eigenvalue weighted by molar-refractivity contribution is 7.98. The molecule has 1 atom stereocenters. The van der Waals surface area contributed by atoms with Crippen LogP contribution >= 0.6 is 35.0 Å². The lowest BCUT2D eigenvalue weighted by molar-refractivity contribution is -0.140. The van der Waals surface area contributed by atoms with Crippen LogP contribution in [-0.2, 0) is 4.79 Å². The Labute approximate surface area is 125 Å². The molecule has 0 aliphatic heterocycles. The van der Waals surface area contributed by atoms with Gasteiger partial charge in [-0.15, -0.1) is 11.8 Å². The van der Waals surface area contributed by atoms with E-state index in [1.165, 1.54) is 24.8 Å². The number of carbonyl (C=O) groups excluding carboxylic acids is 1. The molecule has 0 saturated heterocycles. The third kappa shape index (κ3) is 4.30. The molecule has 1 amide bonds. The minimum absolute atomic E-state index is 0.0434. The number of halogens is 2. The van der Waals surface area contributed by atoms with Crippen LogP contribution in [0.4, 0.5) is 0 Å². The van der Waals surface area contributed by atoms with E-state index in [0.717, 1.165) is 4.90 Å². The van der Waals surface area contributed by atoms with Crippen molar-refractivity contribution in [3.05, 3.63) is 27.7 Å². The third-order valence-corrected chi connectivity index (χ3v) is 3.99. The SMILES string of the molecule is CSc1cc(C(=O)NCC(C)C(=O)O)c(Cl)cc1Cl. The van der Waals surface area contributed by atoms with Gasteiger partial charge in [0.25, 0.3) is 5.91 Å². The summed E-state index contributed by atoms with van der Waals surface area (Å²) in [7, 11) is 0. The summed E-state index contributed by atoms with van der Waals surface area (Å²) in [6.45, 7) is 1.56. The van der Waals surface area contributed by atoms with Gasteiger partial charge < -0.3 is 10.4 Å². The van der Waals surface area contributed by atoms with Crippen molar-refractivity contribution in [2.75, 3.05) is 12.8 Å². The van der Waals surface area contributed by atoms with Crippen molar-refractivity contribution in [3.8, 4) is 0 Å². The summed E-state index contributed by atoms with van der Waals surface area (Å²) in [5.41, 5.74) is 0.285. The van der Waals surface area contributed by atoms with Gasteiger partial charge in [0.2, 0.25) is 0 Å². The molecule has 0 aromatic heterocycles. The molecule has 0 bridgehead atoms. The number of hydrogen-bond acceptors (Lipinski definition) is 3. The van der Waals surface area contributed by atoms with Crippen molar-refractivity contribution >= 4 is 46.8 Å². The van der Waals surface area contributed by atoms with Crippen LogP contribution in [0.25, 0.3) is 0 Å². The Kier molecular flexibility index (Phi) is 5.97. The van der Waals surface area contributed by atoms with E-state index in [9.17, 15) is 9.59 Å². The zero-order valence-corrected chi connectivity index (χ0v) is 12.7. The first-order valence-corrected chi connectivity index (χ1v) is 7.39. The maximum absolute atomic E-state index is 11.9. The van der Waals surface area contributed by atoms with Crippen LogP contribution in [0, 0.1) is 5.92 Å². The van der Waals surface area contributed by atoms with Gasteiger partial charge in [-0.25, -0.2) is 0 Å². The van der Waals surface area contributed by atoms with E-state index >= 15 is 0 Å². The van der Waals surface area contributed by atoms with Crippen LogP contribution in [0.1, 0.15) is 17.3 Å². The van der Waals surface area contributed by atoms with E-state index in [1.807, 2.05) is 6.26 Å². The molecule has 0 spiro atoms. The summed E-state index contributed by atoms with van der Waals surface area (Å²) in [5, 5.41) is 12.0. The van der Waals surface area contributed by atoms with Crippen LogP contribution in [0.5, 0.6) is 0 Å². The lowest BCUT2D eigenvalue weighted by Gasteiger charge is -2.11. The number of amides is 1. The van der Waals surface area contributed by atoms with Crippen molar-refractivity contribution in [3.63, 3.8) is 0 Å². The Bertz CT molecular complexity index is 508. The average molecular weight is 322 g/mol. The molecule has 104 valence electrons. The fraction of sp³-hybridized carbons (Fsp3) is 0.333. The number of carboxylic acids is 1. The molecule has 2 N–H and O–H groups in total. The topological polar surface area (TPSA) is 66.4 Å². The van der Waals surface area contributed by atoms with Gasteiger partial charge in [-0.05, 0) is 18.4 Å². The van der Waals surface area contributed by atoms with E-state index in [4.69, 9.17) is 28.3 Å². The van der Waals surface area contributed by atoms with Gasteiger partial charge in [0.1, 0.15) is 0 Å². The van der Waals surface area contributed by atoms with Gasteiger partial charge in [-0.3, -0.25) is 9.59 Å². The normalized spacial score (nSPS) is 12.0. The van der Waals surface area contributed by atoms with Gasteiger partial charge in [0.15, 0.2) is 0 Å². The number of carboxylic acid groups (broad SMARTS) is 1. The zero-order chi connectivity index (χ0) is 14.6. The predicted octanol–water partition coefficient (Wildman–Crippen LogP) is 3.17. The fourth-order valence-corrected chi connectivity index (χ4v) is 2.48. The van der Waals surface area contributed by atoms with Gasteiger partial charge in [-0.1, -0.05) is 30.1 Å². The second-order valence-corrected chi connectivity index (χ2v) is 5.58. The monoisotopic (exact) mass is 321 g/mol. The molecule has 1 unspecified atom stereocenters. The Hall–Kier alpha value is -0.910. The number of thioether (sulfide) groups is 1. The highest BCUT2D eigenvalue weighted by Gasteiger charge is 2.16. The number of aliphatic carboxylic acids is 1. The van der Waals surface area contributed by atoms with E-state index in [1.54, 1.807) is 6.07 Å². The summed E-state index contributed by atoms with van der Waals surface area (Å²) in [4.78, 5) is 23.3. The second-order valence-electron chi connectivity index (χ2n) is 3.92. The molecule has 0 radical (unpaired) electrons. The lowest BCUT2D eigenvalue weighted by atomic mass is 10.1. The van der Waals surface area contributed by atoms with Crippen molar-refractivity contribution in [1.82, 2.24) is 5.32 Å². The molecule has 0 aliphatic rings. The number of benzene rings is 1. The van der Waals surface area contributed by atoms with Gasteiger partial charge in [0, 0.05) is 11.4 Å². The van der Waals surface area contributed by atoms with Gasteiger partial charge >= 0.3 is 5.97 Å². The zero-order valence-electron chi connectivity index (χ0n) is 10.4. The summed E-state index contributed by atoms with van der Waals surface area (Å²) in [6, 6.07) is 3.10. The van der Waals surface area contributed by atoms with Gasteiger partial charge in [0.05, 0.1) is 21.5 Å². The quantitative estimate of drug-likeness (QED) is 0.817. The molecule has 7 heteroatoms. The van der Waals surface area contributed by atoms with Crippen LogP contribution < -0.4 is 5.32 Å². The number of rotatable bonds is 5. The van der Waals surface area contributed by atoms with Crippen LogP contribution in [0.15, 0.2) is 17.0 Å². The van der Waals surface area contributed by atoms with Crippen molar-refractivity contribution in [2.24, 2.45) is 5.92 Å². The van der Waals surface area contributed by atoms with Gasteiger partial charge in [-0.2, -0.15) is 0 Å². The van der Waals surface area contributed by atoms with Crippen molar-refractivity contribution in [1.29, 1.82) is 0 Å². The van der Waals surface area contributed by atoms with Crippen LogP contribution in [0.2, 0.25) is 10.0 Å². The highest BCUT2D eigenvalue weighted by Crippen LogP contribution is 2.31. The minimum atomic E-state index is -0.965. The summed E-state index contributed by atoms with van der Waals surface area (Å²) < 4.78 is 0. The summed E-state index contributed by atoms with van der Waals surface area (Å²) in [6.07, 6.45) is 1.84. The summed E-state index contributed by atoms with van der Waals surface area (Å²) in [5.74, 6) is -2.03. The maximum atomic E-state index is 11.9. The molecule has 1 aromatic rings. The predicted molar refractivity (Wildman–Crippen MR) is 77.4 cm³/mol. The van der Waals surface area contributed by atoms with E-state index < -0.39 is 17.8 Å². The Morgan fingerprint density at radius 3 is 2.53 bits per heavy atom. The molecule has 4 nitrogen and oxygen atoms in total. The number of nitrogens with one attached hydrogen (secondary N) is 1. The average Bonchev–Trinajstić information content (AvgIpc) is 2.35. The van der Waals surface area contributed by atoms with Crippen molar-refractivity contribution < 1.29 is 14.7 Å². The van der Waals surface area contributed by atoms with E-state index in [-0.39, 0.29) is 17.1 Å². The molecular weight excluding hydrogens is 309 g/mol. The molecule has 0 fully saturated rings. The maximum Gasteiger partial charge on any atom is 0.308 e. The number of carbonyl (C=O) groups is 2. The molecule has 19 heavy (non-hydrogen) atoms. The first kappa shape index (κ1) is 16.1. The van der Waals surface area contributed by atoms with Crippen molar-refractivity contribution in [2.45, 2.75) is 11.8 Å². The largest absolute Gasteiger partial charge is 0.481 e. The Balaban J connectivity index is 2.85. The molecule has 0 aliphatic carbocycles. The first-order valence-electron chi connectivity index (χ1n) is 5.40.